The smallest absolute Gasteiger partial charge is 0.350 e. The molecule has 20 heavy (non-hydrogen) atoms. The molecule has 0 aliphatic rings. The van der Waals surface area contributed by atoms with E-state index in [1.807, 2.05) is 24.3 Å². The zero-order valence-corrected chi connectivity index (χ0v) is 13.3. The lowest BCUT2D eigenvalue weighted by Gasteiger charge is -1.96. The van der Waals surface area contributed by atoms with E-state index >= 15 is 0 Å². The predicted octanol–water partition coefficient (Wildman–Crippen LogP) is 3.45. The molecule has 1 heterocycles. The van der Waals surface area contributed by atoms with Crippen LogP contribution in [0.15, 0.2) is 33.8 Å². The van der Waals surface area contributed by atoms with Crippen LogP contribution in [-0.2, 0) is 4.74 Å². The highest BCUT2D eigenvalue weighted by Gasteiger charge is 2.15. The van der Waals surface area contributed by atoms with E-state index in [0.717, 1.165) is 10.0 Å². The number of nitrogens with one attached hydrogen (secondary N) is 1. The minimum atomic E-state index is -0.386. The number of aryl methyl sites for hydroxylation is 1. The van der Waals surface area contributed by atoms with Crippen LogP contribution in [0.2, 0.25) is 0 Å². The first-order valence-corrected chi connectivity index (χ1v) is 7.32. The molecule has 7 heteroatoms. The van der Waals surface area contributed by atoms with Gasteiger partial charge in [0.25, 0.3) is 0 Å². The number of thiazole rings is 1. The Morgan fingerprint density at radius 2 is 2.25 bits per heavy atom. The summed E-state index contributed by atoms with van der Waals surface area (Å²) in [7, 11) is 1.35. The molecule has 0 aliphatic carbocycles. The maximum absolute atomic E-state index is 11.5. The molecule has 1 aromatic heterocycles. The number of anilines is 1. The molecule has 0 saturated carbocycles. The van der Waals surface area contributed by atoms with Crippen LogP contribution in [0.5, 0.6) is 0 Å². The molecule has 5 nitrogen and oxygen atoms in total. The summed E-state index contributed by atoms with van der Waals surface area (Å²) in [6, 6.07) is 7.73. The number of hydrazone groups is 1. The number of rotatable bonds is 4. The number of nitrogens with zero attached hydrogens (tertiary/aromatic N) is 2. The summed E-state index contributed by atoms with van der Waals surface area (Å²) in [4.78, 5) is 16.2. The minimum Gasteiger partial charge on any atom is -0.465 e. The van der Waals surface area contributed by atoms with Crippen molar-refractivity contribution in [3.05, 3.63) is 44.9 Å². The van der Waals surface area contributed by atoms with Crippen molar-refractivity contribution in [2.45, 2.75) is 6.92 Å². The van der Waals surface area contributed by atoms with E-state index in [4.69, 9.17) is 0 Å². The van der Waals surface area contributed by atoms with Gasteiger partial charge in [-0.05, 0) is 13.0 Å². The molecule has 0 bridgehead atoms. The average molecular weight is 354 g/mol. The maximum Gasteiger partial charge on any atom is 0.350 e. The lowest BCUT2D eigenvalue weighted by atomic mass is 10.2. The third kappa shape index (κ3) is 3.43. The monoisotopic (exact) mass is 353 g/mol. The second kappa shape index (κ2) is 6.62. The minimum absolute atomic E-state index is 0.386. The van der Waals surface area contributed by atoms with Gasteiger partial charge in [0.15, 0.2) is 0 Å². The van der Waals surface area contributed by atoms with Crippen LogP contribution < -0.4 is 5.43 Å². The molecule has 0 spiro atoms. The van der Waals surface area contributed by atoms with Gasteiger partial charge in [-0.3, -0.25) is 5.43 Å². The van der Waals surface area contributed by atoms with Crippen molar-refractivity contribution < 1.29 is 9.53 Å². The Labute approximate surface area is 128 Å². The van der Waals surface area contributed by atoms with E-state index in [1.54, 1.807) is 13.1 Å². The number of esters is 1. The molecule has 0 unspecified atom stereocenters. The maximum atomic E-state index is 11.5. The molecule has 0 aliphatic heterocycles. The second-order valence-electron chi connectivity index (χ2n) is 3.82. The van der Waals surface area contributed by atoms with E-state index in [-0.39, 0.29) is 5.97 Å². The number of carbonyl (C=O) groups is 1. The molecule has 2 aromatic rings. The van der Waals surface area contributed by atoms with Gasteiger partial charge in [0.2, 0.25) is 5.13 Å². The van der Waals surface area contributed by atoms with Crippen molar-refractivity contribution >= 4 is 44.6 Å². The highest BCUT2D eigenvalue weighted by Crippen LogP contribution is 2.23. The number of ether oxygens (including phenoxy) is 1. The fraction of sp³-hybridized carbons (Fsp3) is 0.154. The van der Waals surface area contributed by atoms with Gasteiger partial charge in [-0.25, -0.2) is 9.78 Å². The first-order valence-electron chi connectivity index (χ1n) is 5.71. The third-order valence-electron chi connectivity index (χ3n) is 2.44. The van der Waals surface area contributed by atoms with Crippen molar-refractivity contribution in [2.24, 2.45) is 5.10 Å². The highest BCUT2D eigenvalue weighted by molar-refractivity contribution is 9.10. The molecule has 0 amide bonds. The largest absolute Gasteiger partial charge is 0.465 e. The van der Waals surface area contributed by atoms with Gasteiger partial charge < -0.3 is 4.74 Å². The van der Waals surface area contributed by atoms with E-state index in [2.05, 4.69) is 36.2 Å². The Hall–Kier alpha value is -1.73. The topological polar surface area (TPSA) is 63.6 Å². The Bertz CT molecular complexity index is 655. The normalized spacial score (nSPS) is 10.8. The molecular weight excluding hydrogens is 342 g/mol. The molecule has 0 atom stereocenters. The van der Waals surface area contributed by atoms with Crippen LogP contribution >= 0.6 is 27.3 Å². The number of halogens is 1. The van der Waals surface area contributed by atoms with Gasteiger partial charge in [0.05, 0.1) is 19.0 Å². The summed E-state index contributed by atoms with van der Waals surface area (Å²) < 4.78 is 5.63. The summed E-state index contributed by atoms with van der Waals surface area (Å²) in [5.74, 6) is -0.386. The summed E-state index contributed by atoms with van der Waals surface area (Å²) in [6.07, 6.45) is 1.68. The lowest BCUT2D eigenvalue weighted by Crippen LogP contribution is -1.99. The van der Waals surface area contributed by atoms with Crippen LogP contribution in [-0.4, -0.2) is 24.3 Å². The molecule has 1 aromatic carbocycles. The number of methoxy groups -OCH3 is 1. The van der Waals surface area contributed by atoms with Crippen molar-refractivity contribution in [1.29, 1.82) is 0 Å². The fourth-order valence-electron chi connectivity index (χ4n) is 1.46. The van der Waals surface area contributed by atoms with E-state index < -0.39 is 0 Å². The van der Waals surface area contributed by atoms with Crippen molar-refractivity contribution in [3.63, 3.8) is 0 Å². The van der Waals surface area contributed by atoms with Gasteiger partial charge in [-0.15, -0.1) is 0 Å². The van der Waals surface area contributed by atoms with E-state index in [1.165, 1.54) is 18.4 Å². The number of hydrogen-bond acceptors (Lipinski definition) is 6. The number of carbonyl (C=O) groups excluding carboxylic acids is 1. The van der Waals surface area contributed by atoms with Gasteiger partial charge in [0.1, 0.15) is 4.88 Å². The van der Waals surface area contributed by atoms with Crippen LogP contribution in [0, 0.1) is 6.92 Å². The second-order valence-corrected chi connectivity index (χ2v) is 5.67. The standard InChI is InChI=1S/C13H12BrN3O2S/c1-8-11(12(18)19-2)20-13(16-8)17-15-7-9-5-3-4-6-10(9)14/h3-7H,1-2H3,(H,16,17)/b15-7-. The molecule has 1 N–H and O–H groups in total. The van der Waals surface area contributed by atoms with Crippen LogP contribution in [0.3, 0.4) is 0 Å². The molecule has 2 rings (SSSR count). The quantitative estimate of drug-likeness (QED) is 0.519. The molecule has 0 radical (unpaired) electrons. The Balaban J connectivity index is 2.08. The van der Waals surface area contributed by atoms with Gasteiger partial charge in [-0.2, -0.15) is 5.10 Å². The SMILES string of the molecule is COC(=O)c1sc(N/N=C\c2ccccc2Br)nc1C. The van der Waals surface area contributed by atoms with E-state index in [0.29, 0.717) is 15.7 Å². The van der Waals surface area contributed by atoms with Gasteiger partial charge >= 0.3 is 5.97 Å². The highest BCUT2D eigenvalue weighted by atomic mass is 79.9. The summed E-state index contributed by atoms with van der Waals surface area (Å²) in [5, 5.41) is 4.65. The van der Waals surface area contributed by atoms with Crippen molar-refractivity contribution in [1.82, 2.24) is 4.98 Å². The zero-order chi connectivity index (χ0) is 14.5. The molecule has 0 fully saturated rings. The van der Waals surface area contributed by atoms with Gasteiger partial charge in [0, 0.05) is 10.0 Å². The zero-order valence-electron chi connectivity index (χ0n) is 10.9. The fourth-order valence-corrected chi connectivity index (χ4v) is 2.68. The molecular formula is C13H12BrN3O2S. The summed E-state index contributed by atoms with van der Waals surface area (Å²) in [5.41, 5.74) is 4.38. The first-order chi connectivity index (χ1) is 9.61. The Morgan fingerprint density at radius 3 is 2.95 bits per heavy atom. The first kappa shape index (κ1) is 14.7. The summed E-state index contributed by atoms with van der Waals surface area (Å²) in [6.45, 7) is 1.76. The Kier molecular flexibility index (Phi) is 4.86. The number of hydrogen-bond donors (Lipinski definition) is 1. The summed E-state index contributed by atoms with van der Waals surface area (Å²) >= 11 is 4.64. The van der Waals surface area contributed by atoms with Gasteiger partial charge in [-0.1, -0.05) is 45.5 Å². The number of aromatic nitrogens is 1. The van der Waals surface area contributed by atoms with Crippen LogP contribution in [0.1, 0.15) is 20.9 Å². The van der Waals surface area contributed by atoms with Crippen LogP contribution in [0.25, 0.3) is 0 Å². The Morgan fingerprint density at radius 1 is 1.50 bits per heavy atom. The van der Waals surface area contributed by atoms with Crippen molar-refractivity contribution in [3.8, 4) is 0 Å². The average Bonchev–Trinajstić information content (AvgIpc) is 2.81. The van der Waals surface area contributed by atoms with E-state index in [9.17, 15) is 4.79 Å². The van der Waals surface area contributed by atoms with Crippen LogP contribution in [0.4, 0.5) is 5.13 Å². The molecule has 104 valence electrons. The third-order valence-corrected chi connectivity index (χ3v) is 4.20. The predicted molar refractivity (Wildman–Crippen MR) is 83.5 cm³/mol. The van der Waals surface area contributed by atoms with Crippen molar-refractivity contribution in [2.75, 3.05) is 12.5 Å². The lowest BCUT2D eigenvalue weighted by molar-refractivity contribution is 0.0605. The number of benzene rings is 1. The molecule has 0 saturated heterocycles.